The summed E-state index contributed by atoms with van der Waals surface area (Å²) in [5, 5.41) is 8.56. The Morgan fingerprint density at radius 2 is 2.12 bits per heavy atom. The molecule has 0 aliphatic rings. The van der Waals surface area contributed by atoms with E-state index in [0.717, 1.165) is 17.7 Å². The van der Waals surface area contributed by atoms with Crippen molar-refractivity contribution in [1.29, 1.82) is 5.26 Å². The second-order valence-corrected chi connectivity index (χ2v) is 4.73. The highest BCUT2D eigenvalue weighted by Crippen LogP contribution is 2.21. The highest BCUT2D eigenvalue weighted by atomic mass is 32.2. The predicted octanol–water partition coefficient (Wildman–Crippen LogP) is 2.74. The zero-order valence-corrected chi connectivity index (χ0v) is 10.8. The molecule has 4 heteroatoms. The number of methoxy groups -OCH3 is 1. The first-order chi connectivity index (χ1) is 8.21. The Morgan fingerprint density at radius 1 is 1.47 bits per heavy atom. The van der Waals surface area contributed by atoms with Gasteiger partial charge in [-0.15, -0.1) is 11.8 Å². The zero-order chi connectivity index (χ0) is 12.7. The van der Waals surface area contributed by atoms with E-state index in [9.17, 15) is 4.79 Å². The first-order valence-electron chi connectivity index (χ1n) is 5.39. The van der Waals surface area contributed by atoms with E-state index in [1.807, 2.05) is 19.1 Å². The minimum absolute atomic E-state index is 0.115. The molecule has 0 fully saturated rings. The van der Waals surface area contributed by atoms with Crippen LogP contribution in [0.1, 0.15) is 24.5 Å². The zero-order valence-electron chi connectivity index (χ0n) is 9.97. The fourth-order valence-corrected chi connectivity index (χ4v) is 2.41. The third-order valence-electron chi connectivity index (χ3n) is 2.37. The van der Waals surface area contributed by atoms with Crippen LogP contribution >= 0.6 is 11.8 Å². The van der Waals surface area contributed by atoms with Crippen molar-refractivity contribution in [3.8, 4) is 6.07 Å². The molecule has 0 bridgehead atoms. The molecule has 1 unspecified atom stereocenters. The number of rotatable bonds is 5. The number of esters is 1. The molecule has 0 radical (unpaired) electrons. The van der Waals surface area contributed by atoms with Gasteiger partial charge < -0.3 is 4.74 Å². The SMILES string of the molecule is CCC(SCc1ccc(C#N)cc1)C(=O)OC. The van der Waals surface area contributed by atoms with Crippen LogP contribution in [-0.2, 0) is 15.3 Å². The third kappa shape index (κ3) is 4.12. The minimum Gasteiger partial charge on any atom is -0.468 e. The van der Waals surface area contributed by atoms with Gasteiger partial charge in [0.1, 0.15) is 5.25 Å². The number of benzene rings is 1. The fourth-order valence-electron chi connectivity index (χ4n) is 1.36. The summed E-state index contributed by atoms with van der Waals surface area (Å²) in [6.07, 6.45) is 0.758. The average molecular weight is 249 g/mol. The van der Waals surface area contributed by atoms with E-state index < -0.39 is 0 Å². The molecule has 0 saturated heterocycles. The molecule has 1 aromatic rings. The van der Waals surface area contributed by atoms with Crippen LogP contribution in [0.15, 0.2) is 24.3 Å². The van der Waals surface area contributed by atoms with Crippen molar-refractivity contribution in [3.05, 3.63) is 35.4 Å². The van der Waals surface area contributed by atoms with Crippen molar-refractivity contribution in [2.45, 2.75) is 24.3 Å². The molecule has 0 aliphatic heterocycles. The Morgan fingerprint density at radius 3 is 2.59 bits per heavy atom. The standard InChI is InChI=1S/C13H15NO2S/c1-3-12(13(15)16-2)17-9-11-6-4-10(8-14)5-7-11/h4-7,12H,3,9H2,1-2H3. The second-order valence-electron chi connectivity index (χ2n) is 3.54. The van der Waals surface area contributed by atoms with Crippen molar-refractivity contribution >= 4 is 17.7 Å². The molecule has 0 aliphatic carbocycles. The van der Waals surface area contributed by atoms with E-state index in [-0.39, 0.29) is 11.2 Å². The van der Waals surface area contributed by atoms with Crippen molar-refractivity contribution in [3.63, 3.8) is 0 Å². The second kappa shape index (κ2) is 6.97. The van der Waals surface area contributed by atoms with Gasteiger partial charge in [-0.05, 0) is 24.1 Å². The lowest BCUT2D eigenvalue weighted by Crippen LogP contribution is -2.17. The van der Waals surface area contributed by atoms with Crippen LogP contribution in [0.2, 0.25) is 0 Å². The van der Waals surface area contributed by atoms with Crippen LogP contribution in [0.5, 0.6) is 0 Å². The maximum atomic E-state index is 11.4. The molecule has 17 heavy (non-hydrogen) atoms. The minimum atomic E-state index is -0.175. The Kier molecular flexibility index (Phi) is 5.58. The number of carbonyl (C=O) groups is 1. The summed E-state index contributed by atoms with van der Waals surface area (Å²) in [5.74, 6) is 0.574. The van der Waals surface area contributed by atoms with Crippen molar-refractivity contribution in [1.82, 2.24) is 0 Å². The Hall–Kier alpha value is -1.47. The molecule has 1 atom stereocenters. The Labute approximate surface area is 106 Å². The van der Waals surface area contributed by atoms with Crippen molar-refractivity contribution in [2.24, 2.45) is 0 Å². The van der Waals surface area contributed by atoms with Gasteiger partial charge in [0, 0.05) is 5.75 Å². The van der Waals surface area contributed by atoms with Crippen LogP contribution < -0.4 is 0 Å². The van der Waals surface area contributed by atoms with Gasteiger partial charge in [0.25, 0.3) is 0 Å². The molecule has 90 valence electrons. The van der Waals surface area contributed by atoms with Gasteiger partial charge in [-0.1, -0.05) is 19.1 Å². The van der Waals surface area contributed by atoms with Gasteiger partial charge >= 0.3 is 5.97 Å². The monoisotopic (exact) mass is 249 g/mol. The van der Waals surface area contributed by atoms with Gasteiger partial charge in [-0.25, -0.2) is 0 Å². The van der Waals surface area contributed by atoms with E-state index in [4.69, 9.17) is 10.00 Å². The van der Waals surface area contributed by atoms with Gasteiger partial charge in [0.05, 0.1) is 18.7 Å². The number of nitrogens with zero attached hydrogens (tertiary/aromatic N) is 1. The van der Waals surface area contributed by atoms with Crippen molar-refractivity contribution in [2.75, 3.05) is 7.11 Å². The maximum absolute atomic E-state index is 11.4. The van der Waals surface area contributed by atoms with Crippen LogP contribution in [0.3, 0.4) is 0 Å². The first-order valence-corrected chi connectivity index (χ1v) is 6.44. The van der Waals surface area contributed by atoms with E-state index in [2.05, 4.69) is 6.07 Å². The maximum Gasteiger partial charge on any atom is 0.318 e. The number of thioether (sulfide) groups is 1. The summed E-state index contributed by atoms with van der Waals surface area (Å²) in [5.41, 5.74) is 1.76. The topological polar surface area (TPSA) is 50.1 Å². The van der Waals surface area contributed by atoms with E-state index >= 15 is 0 Å². The van der Waals surface area contributed by atoms with Crippen LogP contribution in [0, 0.1) is 11.3 Å². The molecule has 0 amide bonds. The summed E-state index contributed by atoms with van der Waals surface area (Å²) >= 11 is 1.56. The van der Waals surface area contributed by atoms with E-state index in [1.54, 1.807) is 23.9 Å². The predicted molar refractivity (Wildman–Crippen MR) is 68.5 cm³/mol. The van der Waals surface area contributed by atoms with Gasteiger partial charge in [-0.2, -0.15) is 5.26 Å². The summed E-state index contributed by atoms with van der Waals surface area (Å²) in [7, 11) is 1.41. The normalized spacial score (nSPS) is 11.6. The third-order valence-corrected chi connectivity index (χ3v) is 3.80. The summed E-state index contributed by atoms with van der Waals surface area (Å²) < 4.78 is 4.73. The lowest BCUT2D eigenvalue weighted by atomic mass is 10.2. The average Bonchev–Trinajstić information content (AvgIpc) is 2.39. The number of nitriles is 1. The number of carbonyl (C=O) groups excluding carboxylic acids is 1. The quantitative estimate of drug-likeness (QED) is 0.753. The molecule has 3 nitrogen and oxygen atoms in total. The molecule has 0 N–H and O–H groups in total. The first kappa shape index (κ1) is 13.6. The van der Waals surface area contributed by atoms with Gasteiger partial charge in [-0.3, -0.25) is 4.79 Å². The van der Waals surface area contributed by atoms with Crippen LogP contribution in [-0.4, -0.2) is 18.3 Å². The molecule has 1 aromatic carbocycles. The molecule has 0 spiro atoms. The lowest BCUT2D eigenvalue weighted by Gasteiger charge is -2.11. The fraction of sp³-hybridized carbons (Fsp3) is 0.385. The summed E-state index contributed by atoms with van der Waals surface area (Å²) in [6, 6.07) is 9.47. The molecule has 0 heterocycles. The van der Waals surface area contributed by atoms with Gasteiger partial charge in [0.2, 0.25) is 0 Å². The number of hydrogen-bond acceptors (Lipinski definition) is 4. The molecule has 0 saturated carbocycles. The lowest BCUT2D eigenvalue weighted by molar-refractivity contribution is -0.140. The summed E-state index contributed by atoms with van der Waals surface area (Å²) in [6.45, 7) is 1.97. The molecular weight excluding hydrogens is 234 g/mol. The molecule has 0 aromatic heterocycles. The highest BCUT2D eigenvalue weighted by molar-refractivity contribution is 7.99. The number of ether oxygens (including phenoxy) is 1. The molecular formula is C13H15NO2S. The smallest absolute Gasteiger partial charge is 0.318 e. The Balaban J connectivity index is 2.54. The van der Waals surface area contributed by atoms with Crippen LogP contribution in [0.4, 0.5) is 0 Å². The molecule has 1 rings (SSSR count). The van der Waals surface area contributed by atoms with Crippen molar-refractivity contribution < 1.29 is 9.53 Å². The summed E-state index contributed by atoms with van der Waals surface area (Å²) in [4.78, 5) is 11.4. The van der Waals surface area contributed by atoms with E-state index in [1.165, 1.54) is 7.11 Å². The van der Waals surface area contributed by atoms with Crippen LogP contribution in [0.25, 0.3) is 0 Å². The largest absolute Gasteiger partial charge is 0.468 e. The van der Waals surface area contributed by atoms with E-state index in [0.29, 0.717) is 5.56 Å². The van der Waals surface area contributed by atoms with Gasteiger partial charge in [0.15, 0.2) is 0 Å². The number of hydrogen-bond donors (Lipinski definition) is 0. The highest BCUT2D eigenvalue weighted by Gasteiger charge is 2.16. The Bertz CT molecular complexity index is 408.